The summed E-state index contributed by atoms with van der Waals surface area (Å²) in [5.74, 6) is -1.55. The van der Waals surface area contributed by atoms with Crippen LogP contribution in [0.5, 0.6) is 0 Å². The Hall–Kier alpha value is -2.62. The van der Waals surface area contributed by atoms with E-state index in [9.17, 15) is 19.2 Å². The van der Waals surface area contributed by atoms with Gasteiger partial charge in [0.15, 0.2) is 6.61 Å². The number of carbonyl (C=O) groups excluding carboxylic acids is 4. The van der Waals surface area contributed by atoms with Gasteiger partial charge in [0.1, 0.15) is 6.54 Å². The Bertz CT molecular complexity index is 749. The molecule has 0 aliphatic carbocycles. The van der Waals surface area contributed by atoms with Gasteiger partial charge in [-0.2, -0.15) is 0 Å². The molecule has 29 heavy (non-hydrogen) atoms. The zero-order chi connectivity index (χ0) is 21.2. The molecule has 0 bridgehead atoms. The molecule has 158 valence electrons. The Morgan fingerprint density at radius 2 is 1.90 bits per heavy atom. The summed E-state index contributed by atoms with van der Waals surface area (Å²) >= 11 is 3.27. The molecule has 1 fully saturated rings. The predicted molar refractivity (Wildman–Crippen MR) is 107 cm³/mol. The molecule has 0 saturated carbocycles. The molecule has 1 aliphatic heterocycles. The largest absolute Gasteiger partial charge is 0.454 e. The van der Waals surface area contributed by atoms with Crippen LogP contribution in [0.2, 0.25) is 0 Å². The highest BCUT2D eigenvalue weighted by atomic mass is 79.9. The van der Waals surface area contributed by atoms with E-state index >= 15 is 0 Å². The Morgan fingerprint density at radius 1 is 1.17 bits per heavy atom. The molecular formula is C19H24BrN3O6. The first-order chi connectivity index (χ1) is 13.9. The Morgan fingerprint density at radius 3 is 2.55 bits per heavy atom. The first-order valence-electron chi connectivity index (χ1n) is 9.29. The third-order valence-electron chi connectivity index (χ3n) is 4.23. The van der Waals surface area contributed by atoms with Gasteiger partial charge in [0.25, 0.3) is 11.8 Å². The number of hydrogen-bond donors (Lipinski definition) is 2. The number of benzene rings is 1. The van der Waals surface area contributed by atoms with E-state index in [-0.39, 0.29) is 18.7 Å². The zero-order valence-electron chi connectivity index (χ0n) is 16.1. The Balaban J connectivity index is 1.63. The fourth-order valence-corrected chi connectivity index (χ4v) is 3.17. The number of esters is 1. The maximum absolute atomic E-state index is 12.0. The number of carbonyl (C=O) groups is 4. The van der Waals surface area contributed by atoms with Crippen LogP contribution in [0.1, 0.15) is 30.1 Å². The van der Waals surface area contributed by atoms with Gasteiger partial charge in [-0.3, -0.25) is 14.4 Å². The lowest BCUT2D eigenvalue weighted by molar-refractivity contribution is -0.147. The molecule has 0 aromatic heterocycles. The zero-order valence-corrected chi connectivity index (χ0v) is 17.7. The van der Waals surface area contributed by atoms with Crippen LogP contribution in [-0.2, 0) is 19.1 Å². The van der Waals surface area contributed by atoms with Crippen LogP contribution in [0, 0.1) is 0 Å². The summed E-state index contributed by atoms with van der Waals surface area (Å²) in [5, 5.41) is 5.22. The maximum atomic E-state index is 12.0. The SMILES string of the molecule is CCOC(=O)N1CCC(NC(=O)COC(=O)CNC(=O)c2cccc(Br)c2)CC1. The van der Waals surface area contributed by atoms with Gasteiger partial charge in [-0.25, -0.2) is 4.79 Å². The topological polar surface area (TPSA) is 114 Å². The first-order valence-corrected chi connectivity index (χ1v) is 10.1. The molecule has 1 aromatic rings. The van der Waals surface area contributed by atoms with Crippen LogP contribution in [0.15, 0.2) is 28.7 Å². The lowest BCUT2D eigenvalue weighted by Gasteiger charge is -2.31. The minimum Gasteiger partial charge on any atom is -0.454 e. The molecule has 2 N–H and O–H groups in total. The fourth-order valence-electron chi connectivity index (χ4n) is 2.77. The third kappa shape index (κ3) is 7.72. The van der Waals surface area contributed by atoms with Crippen LogP contribution in [0.25, 0.3) is 0 Å². The van der Waals surface area contributed by atoms with Gasteiger partial charge in [0.2, 0.25) is 0 Å². The summed E-state index contributed by atoms with van der Waals surface area (Å²) in [4.78, 5) is 48.9. The van der Waals surface area contributed by atoms with Gasteiger partial charge in [-0.1, -0.05) is 22.0 Å². The van der Waals surface area contributed by atoms with Crippen molar-refractivity contribution in [3.05, 3.63) is 34.3 Å². The van der Waals surface area contributed by atoms with Crippen molar-refractivity contribution in [2.75, 3.05) is 32.8 Å². The van der Waals surface area contributed by atoms with Gasteiger partial charge >= 0.3 is 12.1 Å². The average Bonchev–Trinajstić information content (AvgIpc) is 2.71. The molecule has 10 heteroatoms. The lowest BCUT2D eigenvalue weighted by Crippen LogP contribution is -2.47. The number of hydrogen-bond acceptors (Lipinski definition) is 6. The number of amides is 3. The molecule has 1 aromatic carbocycles. The van der Waals surface area contributed by atoms with E-state index in [0.717, 1.165) is 4.47 Å². The van der Waals surface area contributed by atoms with Gasteiger partial charge in [-0.05, 0) is 38.0 Å². The van der Waals surface area contributed by atoms with E-state index in [1.165, 1.54) is 0 Å². The van der Waals surface area contributed by atoms with E-state index in [1.54, 1.807) is 36.1 Å². The van der Waals surface area contributed by atoms with Crippen molar-refractivity contribution in [1.82, 2.24) is 15.5 Å². The quantitative estimate of drug-likeness (QED) is 0.584. The van der Waals surface area contributed by atoms with E-state index < -0.39 is 24.4 Å². The van der Waals surface area contributed by atoms with Gasteiger partial charge in [-0.15, -0.1) is 0 Å². The maximum Gasteiger partial charge on any atom is 0.409 e. The van der Waals surface area contributed by atoms with E-state index in [2.05, 4.69) is 26.6 Å². The Labute approximate surface area is 177 Å². The van der Waals surface area contributed by atoms with Crippen LogP contribution in [0.3, 0.4) is 0 Å². The number of halogens is 1. The summed E-state index contributed by atoms with van der Waals surface area (Å²) in [6.45, 7) is 2.29. The molecule has 0 spiro atoms. The highest BCUT2D eigenvalue weighted by Crippen LogP contribution is 2.12. The summed E-state index contributed by atoms with van der Waals surface area (Å²) in [7, 11) is 0. The second kappa shape index (κ2) is 11.4. The summed E-state index contributed by atoms with van der Waals surface area (Å²) in [6, 6.07) is 6.64. The molecule has 0 atom stereocenters. The van der Waals surface area contributed by atoms with Crippen molar-refractivity contribution in [2.45, 2.75) is 25.8 Å². The minimum absolute atomic E-state index is 0.0943. The third-order valence-corrected chi connectivity index (χ3v) is 4.72. The van der Waals surface area contributed by atoms with E-state index in [0.29, 0.717) is 38.1 Å². The standard InChI is InChI=1S/C19H24BrN3O6/c1-2-28-19(27)23-8-6-15(7-9-23)22-16(24)12-29-17(25)11-21-18(26)13-4-3-5-14(20)10-13/h3-5,10,15H,2,6-9,11-12H2,1H3,(H,21,26)(H,22,24). The summed E-state index contributed by atoms with van der Waals surface area (Å²) in [6.07, 6.45) is 0.846. The number of nitrogens with zero attached hydrogens (tertiary/aromatic N) is 1. The molecule has 1 saturated heterocycles. The molecule has 9 nitrogen and oxygen atoms in total. The monoisotopic (exact) mass is 469 g/mol. The predicted octanol–water partition coefficient (Wildman–Crippen LogP) is 1.46. The second-order valence-corrected chi connectivity index (χ2v) is 7.30. The van der Waals surface area contributed by atoms with E-state index in [4.69, 9.17) is 9.47 Å². The lowest BCUT2D eigenvalue weighted by atomic mass is 10.1. The summed E-state index contributed by atoms with van der Waals surface area (Å²) < 4.78 is 10.6. The minimum atomic E-state index is -0.708. The van der Waals surface area contributed by atoms with Crippen molar-refractivity contribution in [1.29, 1.82) is 0 Å². The van der Waals surface area contributed by atoms with Crippen LogP contribution in [-0.4, -0.2) is 67.7 Å². The van der Waals surface area contributed by atoms with Gasteiger partial charge in [0, 0.05) is 29.2 Å². The Kier molecular flexibility index (Phi) is 8.91. The second-order valence-electron chi connectivity index (χ2n) is 6.38. The van der Waals surface area contributed by atoms with Crippen LogP contribution < -0.4 is 10.6 Å². The molecule has 2 rings (SSSR count). The molecule has 0 radical (unpaired) electrons. The average molecular weight is 470 g/mol. The highest BCUT2D eigenvalue weighted by molar-refractivity contribution is 9.10. The van der Waals surface area contributed by atoms with Crippen molar-refractivity contribution >= 4 is 39.8 Å². The molecular weight excluding hydrogens is 446 g/mol. The normalized spacial score (nSPS) is 14.1. The van der Waals surface area contributed by atoms with Crippen molar-refractivity contribution in [3.63, 3.8) is 0 Å². The van der Waals surface area contributed by atoms with Crippen molar-refractivity contribution in [3.8, 4) is 0 Å². The van der Waals surface area contributed by atoms with Crippen molar-refractivity contribution < 1.29 is 28.7 Å². The molecule has 1 aliphatic rings. The molecule has 0 unspecified atom stereocenters. The van der Waals surface area contributed by atoms with Gasteiger partial charge in [0.05, 0.1) is 6.61 Å². The number of rotatable bonds is 7. The van der Waals surface area contributed by atoms with Crippen LogP contribution in [0.4, 0.5) is 4.79 Å². The number of piperidine rings is 1. The number of ether oxygens (including phenoxy) is 2. The number of nitrogens with one attached hydrogen (secondary N) is 2. The van der Waals surface area contributed by atoms with Gasteiger partial charge < -0.3 is 25.0 Å². The summed E-state index contributed by atoms with van der Waals surface area (Å²) in [5.41, 5.74) is 0.402. The number of likely N-dealkylation sites (tertiary alicyclic amines) is 1. The van der Waals surface area contributed by atoms with Crippen LogP contribution >= 0.6 is 15.9 Å². The van der Waals surface area contributed by atoms with E-state index in [1.807, 2.05) is 0 Å². The molecule has 3 amide bonds. The fraction of sp³-hybridized carbons (Fsp3) is 0.474. The first kappa shape index (κ1) is 22.7. The van der Waals surface area contributed by atoms with Crippen molar-refractivity contribution in [2.24, 2.45) is 0 Å². The highest BCUT2D eigenvalue weighted by Gasteiger charge is 2.24. The molecule has 1 heterocycles. The smallest absolute Gasteiger partial charge is 0.409 e.